The van der Waals surface area contributed by atoms with E-state index in [-0.39, 0.29) is 17.7 Å². The van der Waals surface area contributed by atoms with Crippen LogP contribution in [-0.4, -0.2) is 57.2 Å². The molecule has 2 heterocycles. The quantitative estimate of drug-likeness (QED) is 0.776. The van der Waals surface area contributed by atoms with Crippen molar-refractivity contribution in [3.63, 3.8) is 0 Å². The van der Waals surface area contributed by atoms with Crippen molar-refractivity contribution in [1.82, 2.24) is 4.90 Å². The Morgan fingerprint density at radius 1 is 1.00 bits per heavy atom. The van der Waals surface area contributed by atoms with Gasteiger partial charge in [0.05, 0.1) is 11.4 Å². The summed E-state index contributed by atoms with van der Waals surface area (Å²) in [6, 6.07) is 15.7. The monoisotopic (exact) mass is 413 g/mol. The molecule has 7 heteroatoms. The Morgan fingerprint density at radius 2 is 1.76 bits per heavy atom. The number of nitrogens with zero attached hydrogens (tertiary/aromatic N) is 3. The van der Waals surface area contributed by atoms with Crippen LogP contribution in [0.1, 0.15) is 29.3 Å². The van der Waals surface area contributed by atoms with Gasteiger partial charge >= 0.3 is 0 Å². The highest BCUT2D eigenvalue weighted by molar-refractivity contribution is 7.93. The molecule has 0 aliphatic carbocycles. The summed E-state index contributed by atoms with van der Waals surface area (Å²) in [4.78, 5) is 17.3. The van der Waals surface area contributed by atoms with E-state index in [1.807, 2.05) is 4.90 Å². The Morgan fingerprint density at radius 3 is 2.41 bits per heavy atom. The van der Waals surface area contributed by atoms with Crippen molar-refractivity contribution in [1.29, 1.82) is 0 Å². The SMILES string of the molecule is Cc1ccc(N2CCN(C(=O)c3cccc(N4CCCS4(=O)=O)c3)CC2C)cc1. The van der Waals surface area contributed by atoms with Crippen LogP contribution in [0.4, 0.5) is 11.4 Å². The molecule has 0 aromatic heterocycles. The third kappa shape index (κ3) is 3.96. The maximum atomic E-state index is 13.1. The number of piperazine rings is 1. The molecule has 0 spiro atoms. The number of anilines is 2. The molecule has 29 heavy (non-hydrogen) atoms. The van der Waals surface area contributed by atoms with Crippen LogP contribution < -0.4 is 9.21 Å². The summed E-state index contributed by atoms with van der Waals surface area (Å²) in [5.41, 5.74) is 3.53. The lowest BCUT2D eigenvalue weighted by Gasteiger charge is -2.41. The molecule has 1 amide bonds. The minimum absolute atomic E-state index is 0.0427. The number of rotatable bonds is 3. The van der Waals surface area contributed by atoms with E-state index in [0.29, 0.717) is 37.3 Å². The van der Waals surface area contributed by atoms with Crippen molar-refractivity contribution >= 4 is 27.3 Å². The van der Waals surface area contributed by atoms with Crippen molar-refractivity contribution < 1.29 is 13.2 Å². The van der Waals surface area contributed by atoms with Gasteiger partial charge in [0, 0.05) is 43.5 Å². The molecule has 0 N–H and O–H groups in total. The summed E-state index contributed by atoms with van der Waals surface area (Å²) < 4.78 is 25.8. The van der Waals surface area contributed by atoms with Crippen LogP contribution in [-0.2, 0) is 10.0 Å². The van der Waals surface area contributed by atoms with E-state index in [1.54, 1.807) is 24.3 Å². The number of amides is 1. The summed E-state index contributed by atoms with van der Waals surface area (Å²) in [5.74, 6) is 0.128. The van der Waals surface area contributed by atoms with Crippen molar-refractivity contribution in [2.75, 3.05) is 41.1 Å². The molecule has 2 aliphatic heterocycles. The molecular formula is C22H27N3O3S. The van der Waals surface area contributed by atoms with Gasteiger partial charge < -0.3 is 9.80 Å². The van der Waals surface area contributed by atoms with Crippen LogP contribution >= 0.6 is 0 Å². The second-order valence-electron chi connectivity index (χ2n) is 7.92. The molecule has 2 aliphatic rings. The van der Waals surface area contributed by atoms with Crippen molar-refractivity contribution in [3.05, 3.63) is 59.7 Å². The molecule has 4 rings (SSSR count). The van der Waals surface area contributed by atoms with Crippen LogP contribution in [0.2, 0.25) is 0 Å². The maximum Gasteiger partial charge on any atom is 0.254 e. The van der Waals surface area contributed by atoms with E-state index in [9.17, 15) is 13.2 Å². The number of carbonyl (C=O) groups is 1. The second-order valence-corrected chi connectivity index (χ2v) is 9.93. The molecule has 2 fully saturated rings. The minimum Gasteiger partial charge on any atom is -0.365 e. The van der Waals surface area contributed by atoms with E-state index in [2.05, 4.69) is 43.0 Å². The number of hydrogen-bond acceptors (Lipinski definition) is 4. The molecular weight excluding hydrogens is 386 g/mol. The van der Waals surface area contributed by atoms with Gasteiger partial charge in [-0.2, -0.15) is 0 Å². The third-order valence-electron chi connectivity index (χ3n) is 5.76. The first-order chi connectivity index (χ1) is 13.8. The summed E-state index contributed by atoms with van der Waals surface area (Å²) in [6.45, 7) is 6.74. The average molecular weight is 414 g/mol. The zero-order valence-electron chi connectivity index (χ0n) is 16.9. The number of hydrogen-bond donors (Lipinski definition) is 0. The van der Waals surface area contributed by atoms with Gasteiger partial charge in [-0.05, 0) is 50.6 Å². The lowest BCUT2D eigenvalue weighted by atomic mass is 10.1. The van der Waals surface area contributed by atoms with E-state index >= 15 is 0 Å². The fraction of sp³-hybridized carbons (Fsp3) is 0.409. The van der Waals surface area contributed by atoms with Crippen LogP contribution in [0.5, 0.6) is 0 Å². The molecule has 0 bridgehead atoms. The zero-order chi connectivity index (χ0) is 20.6. The summed E-state index contributed by atoms with van der Waals surface area (Å²) in [7, 11) is -3.26. The standard InChI is InChI=1S/C22H27N3O3S/c1-17-7-9-20(10-8-17)24-13-12-23(16-18(24)2)22(26)19-5-3-6-21(15-19)25-11-4-14-29(25,27)28/h3,5-10,15,18H,4,11-14,16H2,1-2H3. The van der Waals surface area contributed by atoms with Crippen LogP contribution in [0.25, 0.3) is 0 Å². The Bertz CT molecular complexity index is 1000. The average Bonchev–Trinajstić information content (AvgIpc) is 3.07. The van der Waals surface area contributed by atoms with E-state index in [0.717, 1.165) is 6.54 Å². The maximum absolute atomic E-state index is 13.1. The number of aryl methyl sites for hydroxylation is 1. The minimum atomic E-state index is -3.26. The molecule has 1 atom stereocenters. The molecule has 1 unspecified atom stereocenters. The van der Waals surface area contributed by atoms with Gasteiger partial charge in [-0.1, -0.05) is 23.8 Å². The number of sulfonamides is 1. The van der Waals surface area contributed by atoms with Crippen LogP contribution in [0.15, 0.2) is 48.5 Å². The molecule has 6 nitrogen and oxygen atoms in total. The largest absolute Gasteiger partial charge is 0.365 e. The highest BCUT2D eigenvalue weighted by Crippen LogP contribution is 2.26. The molecule has 0 radical (unpaired) electrons. The smallest absolute Gasteiger partial charge is 0.254 e. The molecule has 0 saturated carbocycles. The third-order valence-corrected chi connectivity index (χ3v) is 7.63. The normalized spacial score (nSPS) is 21.4. The van der Waals surface area contributed by atoms with E-state index in [4.69, 9.17) is 0 Å². The van der Waals surface area contributed by atoms with Crippen molar-refractivity contribution in [2.24, 2.45) is 0 Å². The Hall–Kier alpha value is -2.54. The molecule has 2 saturated heterocycles. The highest BCUT2D eigenvalue weighted by Gasteiger charge is 2.30. The van der Waals surface area contributed by atoms with Crippen molar-refractivity contribution in [3.8, 4) is 0 Å². The lowest BCUT2D eigenvalue weighted by Crippen LogP contribution is -2.53. The first kappa shape index (κ1) is 19.8. The topological polar surface area (TPSA) is 60.9 Å². The first-order valence-electron chi connectivity index (χ1n) is 10.1. The summed E-state index contributed by atoms with van der Waals surface area (Å²) >= 11 is 0. The van der Waals surface area contributed by atoms with Gasteiger partial charge in [-0.25, -0.2) is 8.42 Å². The van der Waals surface area contributed by atoms with Gasteiger partial charge in [0.1, 0.15) is 0 Å². The Balaban J connectivity index is 1.48. The molecule has 2 aromatic rings. The predicted octanol–water partition coefficient (Wildman–Crippen LogP) is 2.89. The summed E-state index contributed by atoms with van der Waals surface area (Å²) in [6.07, 6.45) is 0.624. The lowest BCUT2D eigenvalue weighted by molar-refractivity contribution is 0.0726. The predicted molar refractivity (Wildman–Crippen MR) is 116 cm³/mol. The van der Waals surface area contributed by atoms with E-state index < -0.39 is 10.0 Å². The van der Waals surface area contributed by atoms with Gasteiger partial charge in [-0.15, -0.1) is 0 Å². The van der Waals surface area contributed by atoms with Gasteiger partial charge in [0.25, 0.3) is 5.91 Å². The number of benzene rings is 2. The van der Waals surface area contributed by atoms with Gasteiger partial charge in [0.15, 0.2) is 0 Å². The van der Waals surface area contributed by atoms with Crippen LogP contribution in [0.3, 0.4) is 0 Å². The van der Waals surface area contributed by atoms with Crippen LogP contribution in [0, 0.1) is 6.92 Å². The first-order valence-corrected chi connectivity index (χ1v) is 11.7. The molecule has 154 valence electrons. The second kappa shape index (κ2) is 7.71. The molecule has 2 aromatic carbocycles. The van der Waals surface area contributed by atoms with Crippen molar-refractivity contribution in [2.45, 2.75) is 26.3 Å². The van der Waals surface area contributed by atoms with Gasteiger partial charge in [-0.3, -0.25) is 9.10 Å². The van der Waals surface area contributed by atoms with Gasteiger partial charge in [0.2, 0.25) is 10.0 Å². The fourth-order valence-electron chi connectivity index (χ4n) is 4.17. The van der Waals surface area contributed by atoms with E-state index in [1.165, 1.54) is 15.6 Å². The highest BCUT2D eigenvalue weighted by atomic mass is 32.2. The summed E-state index contributed by atoms with van der Waals surface area (Å²) in [5, 5.41) is 0. The zero-order valence-corrected chi connectivity index (χ0v) is 17.7. The fourth-order valence-corrected chi connectivity index (χ4v) is 5.72. The Kier molecular flexibility index (Phi) is 5.25. The number of carbonyl (C=O) groups excluding carboxylic acids is 1. The Labute approximate surface area is 172 Å².